The number of amides is 1. The van der Waals surface area contributed by atoms with E-state index < -0.39 is 0 Å². The number of fused-ring (bicyclic) bond motifs is 1. The lowest BCUT2D eigenvalue weighted by atomic mass is 10.0. The summed E-state index contributed by atoms with van der Waals surface area (Å²) < 4.78 is 5.39. The predicted molar refractivity (Wildman–Crippen MR) is 104 cm³/mol. The Bertz CT molecular complexity index is 885. The van der Waals surface area contributed by atoms with Crippen LogP contribution in [0.5, 0.6) is 0 Å². The molecular weight excluding hydrogens is 354 g/mol. The quantitative estimate of drug-likeness (QED) is 0.807. The van der Waals surface area contributed by atoms with Crippen molar-refractivity contribution in [3.63, 3.8) is 0 Å². The predicted octanol–water partition coefficient (Wildman–Crippen LogP) is 1.70. The SMILES string of the molecule is N#Cc1ccc(CCC(=O)N2CCc3cnc(N4CCOCC4)nc3C2)cc1. The number of hydrogen-bond acceptors (Lipinski definition) is 6. The third-order valence-electron chi connectivity index (χ3n) is 5.29. The zero-order valence-corrected chi connectivity index (χ0v) is 15.8. The first kappa shape index (κ1) is 18.4. The van der Waals surface area contributed by atoms with Gasteiger partial charge in [-0.3, -0.25) is 4.79 Å². The summed E-state index contributed by atoms with van der Waals surface area (Å²) in [5.41, 5.74) is 3.79. The van der Waals surface area contributed by atoms with E-state index in [0.29, 0.717) is 44.7 Å². The molecule has 0 atom stereocenters. The number of rotatable bonds is 4. The molecule has 2 aliphatic heterocycles. The Morgan fingerprint density at radius 1 is 1.18 bits per heavy atom. The van der Waals surface area contributed by atoms with Crippen molar-refractivity contribution in [2.24, 2.45) is 0 Å². The van der Waals surface area contributed by atoms with Crippen LogP contribution in [0, 0.1) is 11.3 Å². The maximum Gasteiger partial charge on any atom is 0.225 e. The van der Waals surface area contributed by atoms with Gasteiger partial charge in [0.25, 0.3) is 0 Å². The zero-order valence-electron chi connectivity index (χ0n) is 15.8. The van der Waals surface area contributed by atoms with Crippen molar-refractivity contribution in [2.45, 2.75) is 25.8 Å². The van der Waals surface area contributed by atoms with Gasteiger partial charge in [0.1, 0.15) is 0 Å². The molecule has 1 aromatic carbocycles. The topological polar surface area (TPSA) is 82.4 Å². The highest BCUT2D eigenvalue weighted by atomic mass is 16.5. The standard InChI is InChI=1S/C21H23N5O2/c22-13-17-3-1-16(2-4-17)5-6-20(27)26-8-7-18-14-23-21(24-19(18)15-26)25-9-11-28-12-10-25/h1-4,14H,5-12,15H2. The molecule has 0 unspecified atom stereocenters. The second-order valence-electron chi connectivity index (χ2n) is 7.12. The molecule has 0 bridgehead atoms. The van der Waals surface area contributed by atoms with Crippen LogP contribution in [-0.2, 0) is 28.9 Å². The molecule has 1 aromatic heterocycles. The smallest absolute Gasteiger partial charge is 0.225 e. The highest BCUT2D eigenvalue weighted by Crippen LogP contribution is 2.20. The minimum atomic E-state index is 0.140. The van der Waals surface area contributed by atoms with Crippen LogP contribution in [0.25, 0.3) is 0 Å². The molecule has 7 nitrogen and oxygen atoms in total. The molecule has 0 N–H and O–H groups in total. The molecule has 4 rings (SSSR count). The number of aryl methyl sites for hydroxylation is 1. The summed E-state index contributed by atoms with van der Waals surface area (Å²) in [4.78, 5) is 26.0. The van der Waals surface area contributed by atoms with E-state index in [2.05, 4.69) is 16.0 Å². The lowest BCUT2D eigenvalue weighted by molar-refractivity contribution is -0.132. The van der Waals surface area contributed by atoms with Gasteiger partial charge in [-0.2, -0.15) is 5.26 Å². The first-order valence-electron chi connectivity index (χ1n) is 9.67. The fourth-order valence-electron chi connectivity index (χ4n) is 3.58. The van der Waals surface area contributed by atoms with Crippen molar-refractivity contribution in [3.05, 3.63) is 52.8 Å². The van der Waals surface area contributed by atoms with E-state index in [-0.39, 0.29) is 5.91 Å². The van der Waals surface area contributed by atoms with Gasteiger partial charge in [-0.1, -0.05) is 12.1 Å². The highest BCUT2D eigenvalue weighted by molar-refractivity contribution is 5.76. The number of carbonyl (C=O) groups excluding carboxylic acids is 1. The van der Waals surface area contributed by atoms with Crippen LogP contribution >= 0.6 is 0 Å². The molecular formula is C21H23N5O2. The van der Waals surface area contributed by atoms with Gasteiger partial charge < -0.3 is 14.5 Å². The Hall–Kier alpha value is -2.98. The second kappa shape index (κ2) is 8.36. The first-order valence-corrected chi connectivity index (χ1v) is 9.67. The summed E-state index contributed by atoms with van der Waals surface area (Å²) in [6.07, 6.45) is 3.84. The Morgan fingerprint density at radius 2 is 1.96 bits per heavy atom. The van der Waals surface area contributed by atoms with Crippen LogP contribution in [0.3, 0.4) is 0 Å². The summed E-state index contributed by atoms with van der Waals surface area (Å²) in [6.45, 7) is 4.24. The van der Waals surface area contributed by atoms with Crippen molar-refractivity contribution < 1.29 is 9.53 Å². The van der Waals surface area contributed by atoms with Gasteiger partial charge >= 0.3 is 0 Å². The third-order valence-corrected chi connectivity index (χ3v) is 5.29. The minimum Gasteiger partial charge on any atom is -0.378 e. The normalized spacial score (nSPS) is 16.4. The van der Waals surface area contributed by atoms with Gasteiger partial charge in [0.2, 0.25) is 11.9 Å². The largest absolute Gasteiger partial charge is 0.378 e. The Kier molecular flexibility index (Phi) is 5.49. The van der Waals surface area contributed by atoms with Crippen molar-refractivity contribution >= 4 is 11.9 Å². The first-order chi connectivity index (χ1) is 13.7. The van der Waals surface area contributed by atoms with Crippen LogP contribution < -0.4 is 4.90 Å². The van der Waals surface area contributed by atoms with Crippen LogP contribution in [-0.4, -0.2) is 53.6 Å². The lowest BCUT2D eigenvalue weighted by Gasteiger charge is -2.30. The van der Waals surface area contributed by atoms with Crippen molar-refractivity contribution in [2.75, 3.05) is 37.7 Å². The average Bonchev–Trinajstić information content (AvgIpc) is 2.77. The average molecular weight is 377 g/mol. The molecule has 28 heavy (non-hydrogen) atoms. The molecule has 0 spiro atoms. The van der Waals surface area contributed by atoms with E-state index >= 15 is 0 Å². The van der Waals surface area contributed by atoms with Crippen LogP contribution in [0.15, 0.2) is 30.5 Å². The van der Waals surface area contributed by atoms with E-state index in [9.17, 15) is 4.79 Å². The fraction of sp³-hybridized carbons (Fsp3) is 0.429. The third kappa shape index (κ3) is 4.12. The number of anilines is 1. The van der Waals surface area contributed by atoms with Crippen molar-refractivity contribution in [3.8, 4) is 6.07 Å². The summed E-state index contributed by atoms with van der Waals surface area (Å²) in [5.74, 6) is 0.871. The van der Waals surface area contributed by atoms with E-state index in [1.807, 2.05) is 23.2 Å². The number of nitrogens with zero attached hydrogens (tertiary/aromatic N) is 5. The Morgan fingerprint density at radius 3 is 2.71 bits per heavy atom. The van der Waals surface area contributed by atoms with Gasteiger partial charge in [0, 0.05) is 32.3 Å². The van der Waals surface area contributed by atoms with E-state index in [1.165, 1.54) is 0 Å². The molecule has 1 amide bonds. The molecule has 2 aromatic rings. The number of benzene rings is 1. The Labute approximate surface area is 164 Å². The van der Waals surface area contributed by atoms with E-state index in [0.717, 1.165) is 42.3 Å². The van der Waals surface area contributed by atoms with Crippen molar-refractivity contribution in [1.29, 1.82) is 5.26 Å². The highest BCUT2D eigenvalue weighted by Gasteiger charge is 2.23. The fourth-order valence-corrected chi connectivity index (χ4v) is 3.58. The van der Waals surface area contributed by atoms with E-state index in [1.54, 1.807) is 12.1 Å². The van der Waals surface area contributed by atoms with Crippen LogP contribution in [0.2, 0.25) is 0 Å². The van der Waals surface area contributed by atoms with Crippen LogP contribution in [0.4, 0.5) is 5.95 Å². The molecule has 0 radical (unpaired) electrons. The number of morpholine rings is 1. The summed E-state index contributed by atoms with van der Waals surface area (Å²) in [6, 6.07) is 9.53. The maximum atomic E-state index is 12.7. The van der Waals surface area contributed by atoms with Gasteiger partial charge in [0.05, 0.1) is 37.1 Å². The van der Waals surface area contributed by atoms with Gasteiger partial charge in [-0.15, -0.1) is 0 Å². The number of ether oxygens (including phenoxy) is 1. The molecule has 7 heteroatoms. The number of carbonyl (C=O) groups is 1. The monoisotopic (exact) mass is 377 g/mol. The lowest BCUT2D eigenvalue weighted by Crippen LogP contribution is -2.39. The molecule has 3 heterocycles. The summed E-state index contributed by atoms with van der Waals surface area (Å²) >= 11 is 0. The van der Waals surface area contributed by atoms with Gasteiger partial charge in [-0.05, 0) is 36.1 Å². The van der Waals surface area contributed by atoms with Gasteiger partial charge in [-0.25, -0.2) is 9.97 Å². The number of hydrogen-bond donors (Lipinski definition) is 0. The second-order valence-corrected chi connectivity index (χ2v) is 7.12. The summed E-state index contributed by atoms with van der Waals surface area (Å²) in [5, 5.41) is 8.87. The molecule has 0 saturated carbocycles. The number of nitriles is 1. The number of aromatic nitrogens is 2. The van der Waals surface area contributed by atoms with Crippen molar-refractivity contribution in [1.82, 2.24) is 14.9 Å². The summed E-state index contributed by atoms with van der Waals surface area (Å²) in [7, 11) is 0. The zero-order chi connectivity index (χ0) is 19.3. The van der Waals surface area contributed by atoms with Gasteiger partial charge in [0.15, 0.2) is 0 Å². The van der Waals surface area contributed by atoms with E-state index in [4.69, 9.17) is 15.0 Å². The van der Waals surface area contributed by atoms with Crippen LogP contribution in [0.1, 0.15) is 28.8 Å². The molecule has 1 saturated heterocycles. The molecule has 144 valence electrons. The Balaban J connectivity index is 1.38. The maximum absolute atomic E-state index is 12.7. The minimum absolute atomic E-state index is 0.140. The molecule has 1 fully saturated rings. The molecule has 0 aliphatic carbocycles. The molecule has 2 aliphatic rings.